The van der Waals surface area contributed by atoms with Crippen molar-refractivity contribution in [1.82, 2.24) is 9.97 Å². The van der Waals surface area contributed by atoms with Crippen molar-refractivity contribution in [1.29, 1.82) is 0 Å². The first kappa shape index (κ1) is 14.4. The Kier molecular flexibility index (Phi) is 3.80. The van der Waals surface area contributed by atoms with E-state index in [1.807, 2.05) is 0 Å². The Morgan fingerprint density at radius 2 is 1.95 bits per heavy atom. The molecule has 0 aliphatic carbocycles. The van der Waals surface area contributed by atoms with Crippen molar-refractivity contribution in [2.75, 3.05) is 5.73 Å². The zero-order valence-electron chi connectivity index (χ0n) is 10.1. The largest absolute Gasteiger partial charge is 0.432 e. The number of rotatable bonds is 4. The summed E-state index contributed by atoms with van der Waals surface area (Å²) in [5.41, 5.74) is 4.57. The number of nitro benzene ring substituents is 1. The molecule has 21 heavy (non-hydrogen) atoms. The fourth-order valence-corrected chi connectivity index (χ4v) is 1.58. The summed E-state index contributed by atoms with van der Waals surface area (Å²) in [7, 11) is 0. The molecule has 0 amide bonds. The number of hydrogen-bond acceptors (Lipinski definition) is 8. The Morgan fingerprint density at radius 1 is 1.24 bits per heavy atom. The number of non-ortho nitro benzene ring substituents is 1. The van der Waals surface area contributed by atoms with Crippen LogP contribution in [0.2, 0.25) is 5.02 Å². The SMILES string of the molecule is Nc1ncc([N+](=O)[O-])c(Oc2ccc([N+](=O)[O-])cc2Cl)n1. The monoisotopic (exact) mass is 311 g/mol. The average molecular weight is 312 g/mol. The van der Waals surface area contributed by atoms with Gasteiger partial charge in [0.1, 0.15) is 11.9 Å². The van der Waals surface area contributed by atoms with E-state index in [1.54, 1.807) is 0 Å². The minimum Gasteiger partial charge on any atom is -0.432 e. The molecular formula is C10H6ClN5O5. The van der Waals surface area contributed by atoms with Crippen LogP contribution < -0.4 is 10.5 Å². The first-order valence-corrected chi connectivity index (χ1v) is 5.65. The van der Waals surface area contributed by atoms with Gasteiger partial charge in [-0.3, -0.25) is 20.2 Å². The zero-order chi connectivity index (χ0) is 15.6. The molecule has 11 heteroatoms. The van der Waals surface area contributed by atoms with Gasteiger partial charge < -0.3 is 10.5 Å². The number of benzene rings is 1. The molecule has 1 heterocycles. The lowest BCUT2D eigenvalue weighted by atomic mass is 10.3. The maximum absolute atomic E-state index is 10.8. The topological polar surface area (TPSA) is 147 Å². The van der Waals surface area contributed by atoms with Crippen LogP contribution in [0.1, 0.15) is 0 Å². The Labute approximate surface area is 121 Å². The smallest absolute Gasteiger partial charge is 0.349 e. The number of hydrogen-bond donors (Lipinski definition) is 1. The minimum atomic E-state index is -0.756. The van der Waals surface area contributed by atoms with Crippen LogP contribution in [-0.4, -0.2) is 19.8 Å². The van der Waals surface area contributed by atoms with E-state index in [4.69, 9.17) is 22.1 Å². The van der Waals surface area contributed by atoms with E-state index in [9.17, 15) is 20.2 Å². The second-order valence-corrected chi connectivity index (χ2v) is 4.06. The van der Waals surface area contributed by atoms with Crippen LogP contribution in [0, 0.1) is 20.2 Å². The van der Waals surface area contributed by atoms with Crippen LogP contribution in [0.15, 0.2) is 24.4 Å². The Balaban J connectivity index is 2.40. The summed E-state index contributed by atoms with van der Waals surface area (Å²) in [5, 5.41) is 21.3. The quantitative estimate of drug-likeness (QED) is 0.668. The highest BCUT2D eigenvalue weighted by atomic mass is 35.5. The van der Waals surface area contributed by atoms with E-state index >= 15 is 0 Å². The van der Waals surface area contributed by atoms with Gasteiger partial charge in [0, 0.05) is 12.1 Å². The molecule has 0 aliphatic rings. The predicted molar refractivity (Wildman–Crippen MR) is 71.3 cm³/mol. The number of nitrogens with two attached hydrogens (primary N) is 1. The molecule has 0 fully saturated rings. The van der Waals surface area contributed by atoms with E-state index in [1.165, 1.54) is 6.07 Å². The van der Waals surface area contributed by atoms with Gasteiger partial charge in [-0.15, -0.1) is 0 Å². The van der Waals surface area contributed by atoms with Crippen LogP contribution in [0.25, 0.3) is 0 Å². The lowest BCUT2D eigenvalue weighted by Crippen LogP contribution is -2.01. The van der Waals surface area contributed by atoms with Gasteiger partial charge in [-0.2, -0.15) is 4.98 Å². The van der Waals surface area contributed by atoms with Crippen LogP contribution in [0.4, 0.5) is 17.3 Å². The van der Waals surface area contributed by atoms with E-state index in [0.717, 1.165) is 18.3 Å². The minimum absolute atomic E-state index is 0.0385. The van der Waals surface area contributed by atoms with Crippen molar-refractivity contribution in [3.05, 3.63) is 49.6 Å². The van der Waals surface area contributed by atoms with Crippen LogP contribution >= 0.6 is 11.6 Å². The second-order valence-electron chi connectivity index (χ2n) is 3.65. The maximum Gasteiger partial charge on any atom is 0.349 e. The van der Waals surface area contributed by atoms with Crippen molar-refractivity contribution in [2.45, 2.75) is 0 Å². The van der Waals surface area contributed by atoms with E-state index in [0.29, 0.717) is 0 Å². The summed E-state index contributed by atoms with van der Waals surface area (Å²) in [6.45, 7) is 0. The van der Waals surface area contributed by atoms with Crippen molar-refractivity contribution >= 4 is 28.9 Å². The second kappa shape index (κ2) is 5.54. The molecule has 1 aromatic carbocycles. The summed E-state index contributed by atoms with van der Waals surface area (Å²) < 4.78 is 5.19. The van der Waals surface area contributed by atoms with Crippen molar-refractivity contribution < 1.29 is 14.6 Å². The Hall–Kier alpha value is -3.01. The highest BCUT2D eigenvalue weighted by Crippen LogP contribution is 2.35. The molecule has 2 aromatic rings. The summed E-state index contributed by atoms with van der Waals surface area (Å²) in [6.07, 6.45) is 0.886. The Bertz CT molecular complexity index is 738. The van der Waals surface area contributed by atoms with Gasteiger partial charge in [0.15, 0.2) is 0 Å². The third kappa shape index (κ3) is 3.12. The highest BCUT2D eigenvalue weighted by Gasteiger charge is 2.21. The lowest BCUT2D eigenvalue weighted by Gasteiger charge is -2.06. The summed E-state index contributed by atoms with van der Waals surface area (Å²) in [4.78, 5) is 27.1. The summed E-state index contributed by atoms with van der Waals surface area (Å²) >= 11 is 5.82. The number of ether oxygens (including phenoxy) is 1. The number of nitrogen functional groups attached to an aromatic ring is 1. The first-order chi connectivity index (χ1) is 9.88. The number of aromatic nitrogens is 2. The van der Waals surface area contributed by atoms with Gasteiger partial charge in [0.2, 0.25) is 5.95 Å². The third-order valence-electron chi connectivity index (χ3n) is 2.28. The van der Waals surface area contributed by atoms with Crippen molar-refractivity contribution in [2.24, 2.45) is 0 Å². The molecule has 0 spiro atoms. The highest BCUT2D eigenvalue weighted by molar-refractivity contribution is 6.32. The van der Waals surface area contributed by atoms with Crippen molar-refractivity contribution in [3.63, 3.8) is 0 Å². The normalized spacial score (nSPS) is 10.1. The van der Waals surface area contributed by atoms with E-state index < -0.39 is 21.4 Å². The molecule has 0 atom stereocenters. The molecule has 2 N–H and O–H groups in total. The van der Waals surface area contributed by atoms with E-state index in [-0.39, 0.29) is 22.4 Å². The molecule has 0 saturated carbocycles. The maximum atomic E-state index is 10.8. The number of nitro groups is 2. The van der Waals surface area contributed by atoms with Crippen LogP contribution in [0.5, 0.6) is 11.6 Å². The van der Waals surface area contributed by atoms with Crippen LogP contribution in [-0.2, 0) is 0 Å². The molecule has 1 aromatic heterocycles. The van der Waals surface area contributed by atoms with Gasteiger partial charge in [-0.25, -0.2) is 4.98 Å². The van der Waals surface area contributed by atoms with E-state index in [2.05, 4.69) is 9.97 Å². The fraction of sp³-hybridized carbons (Fsp3) is 0. The third-order valence-corrected chi connectivity index (χ3v) is 2.58. The summed E-state index contributed by atoms with van der Waals surface area (Å²) in [5.74, 6) is -0.680. The Morgan fingerprint density at radius 3 is 2.52 bits per heavy atom. The number of nitrogens with zero attached hydrogens (tertiary/aromatic N) is 4. The lowest BCUT2D eigenvalue weighted by molar-refractivity contribution is -0.386. The molecule has 2 rings (SSSR count). The van der Waals surface area contributed by atoms with Gasteiger partial charge in [0.25, 0.3) is 5.69 Å². The first-order valence-electron chi connectivity index (χ1n) is 5.27. The van der Waals surface area contributed by atoms with Gasteiger partial charge in [0.05, 0.1) is 14.9 Å². The van der Waals surface area contributed by atoms with Gasteiger partial charge in [-0.1, -0.05) is 11.6 Å². The van der Waals surface area contributed by atoms with Gasteiger partial charge in [-0.05, 0) is 6.07 Å². The molecular weight excluding hydrogens is 306 g/mol. The molecule has 108 valence electrons. The molecule has 10 nitrogen and oxygen atoms in total. The fourth-order valence-electron chi connectivity index (χ4n) is 1.36. The summed E-state index contributed by atoms with van der Waals surface area (Å²) in [6, 6.07) is 3.38. The molecule has 0 bridgehead atoms. The standard InChI is InChI=1S/C10H6ClN5O5/c11-6-3-5(15(17)18)1-2-8(6)21-9-7(16(19)20)4-13-10(12)14-9/h1-4H,(H2,12,13,14). The van der Waals surface area contributed by atoms with Gasteiger partial charge >= 0.3 is 11.6 Å². The predicted octanol–water partition coefficient (Wildman–Crippen LogP) is 2.32. The average Bonchev–Trinajstić information content (AvgIpc) is 2.40. The number of anilines is 1. The molecule has 0 aliphatic heterocycles. The van der Waals surface area contributed by atoms with Crippen LogP contribution in [0.3, 0.4) is 0 Å². The molecule has 0 unspecified atom stereocenters. The zero-order valence-corrected chi connectivity index (χ0v) is 10.9. The molecule has 0 radical (unpaired) electrons. The molecule has 0 saturated heterocycles. The van der Waals surface area contributed by atoms with Crippen molar-refractivity contribution in [3.8, 4) is 11.6 Å². The number of halogens is 1.